The first kappa shape index (κ1) is 20.1. The van der Waals surface area contributed by atoms with Crippen LogP contribution in [-0.2, 0) is 17.8 Å². The second-order valence-corrected chi connectivity index (χ2v) is 7.66. The van der Waals surface area contributed by atoms with E-state index in [0.717, 1.165) is 24.2 Å². The third-order valence-corrected chi connectivity index (χ3v) is 5.46. The minimum Gasteiger partial charge on any atom is -0.508 e. The van der Waals surface area contributed by atoms with Crippen molar-refractivity contribution in [1.82, 2.24) is 19.9 Å². The van der Waals surface area contributed by atoms with Gasteiger partial charge in [-0.05, 0) is 25.0 Å². The summed E-state index contributed by atoms with van der Waals surface area (Å²) in [6.07, 6.45) is 0.955. The number of phenols is 1. The van der Waals surface area contributed by atoms with Crippen LogP contribution in [0.1, 0.15) is 23.4 Å². The smallest absolute Gasteiger partial charge is 0.241 e. The van der Waals surface area contributed by atoms with E-state index in [1.165, 1.54) is 5.56 Å². The molecule has 3 aromatic rings. The number of piperazine rings is 1. The van der Waals surface area contributed by atoms with E-state index >= 15 is 0 Å². The maximum absolute atomic E-state index is 12.5. The number of carbonyl (C=O) groups excluding carboxylic acids is 1. The Morgan fingerprint density at radius 1 is 1.07 bits per heavy atom. The van der Waals surface area contributed by atoms with Crippen LogP contribution in [0.2, 0.25) is 0 Å². The van der Waals surface area contributed by atoms with Crippen molar-refractivity contribution >= 4 is 5.91 Å². The van der Waals surface area contributed by atoms with E-state index in [4.69, 9.17) is 4.52 Å². The minimum absolute atomic E-state index is 0.123. The predicted octanol–water partition coefficient (Wildman–Crippen LogP) is 3.03. The van der Waals surface area contributed by atoms with Gasteiger partial charge in [-0.15, -0.1) is 0 Å². The number of para-hydroxylation sites is 1. The van der Waals surface area contributed by atoms with Crippen LogP contribution in [0.15, 0.2) is 53.1 Å². The van der Waals surface area contributed by atoms with Crippen LogP contribution in [0.25, 0.3) is 11.4 Å². The minimum atomic E-state index is 0.123. The summed E-state index contributed by atoms with van der Waals surface area (Å²) < 4.78 is 5.42. The summed E-state index contributed by atoms with van der Waals surface area (Å²) in [7, 11) is 0. The number of carbonyl (C=O) groups is 1. The van der Waals surface area contributed by atoms with Crippen molar-refractivity contribution in [1.29, 1.82) is 0 Å². The van der Waals surface area contributed by atoms with Gasteiger partial charge in [-0.1, -0.05) is 53.2 Å². The van der Waals surface area contributed by atoms with Gasteiger partial charge in [-0.25, -0.2) is 0 Å². The molecule has 7 heteroatoms. The highest BCUT2D eigenvalue weighted by Crippen LogP contribution is 2.19. The first-order chi connectivity index (χ1) is 14.6. The van der Waals surface area contributed by atoms with Crippen molar-refractivity contribution in [3.05, 3.63) is 65.5 Å². The highest BCUT2D eigenvalue weighted by Gasteiger charge is 2.22. The van der Waals surface area contributed by atoms with E-state index in [2.05, 4.69) is 15.0 Å². The van der Waals surface area contributed by atoms with Gasteiger partial charge < -0.3 is 14.5 Å². The monoisotopic (exact) mass is 406 g/mol. The van der Waals surface area contributed by atoms with Crippen LogP contribution in [0.3, 0.4) is 0 Å². The Balaban J connectivity index is 1.25. The average Bonchev–Trinajstić information content (AvgIpc) is 3.22. The fourth-order valence-corrected chi connectivity index (χ4v) is 3.61. The number of aromatic nitrogens is 2. The Labute approximate surface area is 175 Å². The fourth-order valence-electron chi connectivity index (χ4n) is 3.61. The summed E-state index contributed by atoms with van der Waals surface area (Å²) in [5.74, 6) is 1.56. The van der Waals surface area contributed by atoms with Crippen molar-refractivity contribution in [2.75, 3.05) is 26.2 Å². The molecule has 0 atom stereocenters. The Morgan fingerprint density at radius 3 is 2.53 bits per heavy atom. The van der Waals surface area contributed by atoms with Gasteiger partial charge in [0.2, 0.25) is 17.6 Å². The zero-order chi connectivity index (χ0) is 20.9. The maximum atomic E-state index is 12.5. The Hall–Kier alpha value is -3.19. The molecule has 1 aliphatic rings. The number of hydrogen-bond acceptors (Lipinski definition) is 6. The number of benzene rings is 2. The van der Waals surface area contributed by atoms with Gasteiger partial charge >= 0.3 is 0 Å². The zero-order valence-corrected chi connectivity index (χ0v) is 17.1. The van der Waals surface area contributed by atoms with Gasteiger partial charge in [0.15, 0.2) is 0 Å². The van der Waals surface area contributed by atoms with Crippen LogP contribution in [0.5, 0.6) is 5.75 Å². The average molecular weight is 406 g/mol. The third kappa shape index (κ3) is 4.86. The van der Waals surface area contributed by atoms with Crippen LogP contribution < -0.4 is 0 Å². The van der Waals surface area contributed by atoms with Crippen molar-refractivity contribution < 1.29 is 14.4 Å². The molecule has 1 N–H and O–H groups in total. The number of aromatic hydroxyl groups is 1. The third-order valence-electron chi connectivity index (χ3n) is 5.46. The molecule has 2 aromatic carbocycles. The molecule has 0 spiro atoms. The standard InChI is InChI=1S/C23H26N4O3/c1-17-6-8-19(9-7-17)23-24-21(30-25-23)16-26-12-14-27(15-13-26)22(29)11-10-18-4-2-3-5-20(18)28/h2-9,28H,10-16H2,1H3. The van der Waals surface area contributed by atoms with Crippen LogP contribution >= 0.6 is 0 Å². The molecule has 1 amide bonds. The highest BCUT2D eigenvalue weighted by atomic mass is 16.5. The molecule has 7 nitrogen and oxygen atoms in total. The number of nitrogens with zero attached hydrogens (tertiary/aromatic N) is 4. The van der Waals surface area contributed by atoms with Crippen LogP contribution in [0.4, 0.5) is 0 Å². The summed E-state index contributed by atoms with van der Waals surface area (Å²) >= 11 is 0. The Morgan fingerprint density at radius 2 is 1.80 bits per heavy atom. The summed E-state index contributed by atoms with van der Waals surface area (Å²) in [6, 6.07) is 15.2. The lowest BCUT2D eigenvalue weighted by Crippen LogP contribution is -2.48. The van der Waals surface area contributed by atoms with Gasteiger partial charge in [0.05, 0.1) is 6.54 Å². The number of aryl methyl sites for hydroxylation is 2. The second-order valence-electron chi connectivity index (χ2n) is 7.66. The number of amides is 1. The highest BCUT2D eigenvalue weighted by molar-refractivity contribution is 5.76. The summed E-state index contributed by atoms with van der Waals surface area (Å²) in [6.45, 7) is 5.52. The van der Waals surface area contributed by atoms with Crippen molar-refractivity contribution in [3.63, 3.8) is 0 Å². The Kier molecular flexibility index (Phi) is 6.09. The molecule has 0 bridgehead atoms. The van der Waals surface area contributed by atoms with Crippen molar-refractivity contribution in [3.8, 4) is 17.1 Å². The molecule has 1 fully saturated rings. The van der Waals surface area contributed by atoms with E-state index in [1.54, 1.807) is 12.1 Å². The number of rotatable bonds is 6. The summed E-state index contributed by atoms with van der Waals surface area (Å²) in [4.78, 5) is 21.1. The zero-order valence-electron chi connectivity index (χ0n) is 17.1. The molecule has 1 aromatic heterocycles. The van der Waals surface area contributed by atoms with Gasteiger partial charge in [0.25, 0.3) is 0 Å². The fraction of sp³-hybridized carbons (Fsp3) is 0.348. The van der Waals surface area contributed by atoms with Crippen molar-refractivity contribution in [2.45, 2.75) is 26.3 Å². The first-order valence-electron chi connectivity index (χ1n) is 10.2. The maximum Gasteiger partial charge on any atom is 0.241 e. The van der Waals surface area contributed by atoms with Crippen LogP contribution in [-0.4, -0.2) is 57.1 Å². The molecule has 1 saturated heterocycles. The van der Waals surface area contributed by atoms with E-state index < -0.39 is 0 Å². The van der Waals surface area contributed by atoms with Gasteiger partial charge in [0, 0.05) is 38.2 Å². The van der Waals surface area contributed by atoms with Gasteiger partial charge in [0.1, 0.15) is 5.75 Å². The SMILES string of the molecule is Cc1ccc(-c2noc(CN3CCN(C(=O)CCc4ccccc4O)CC3)n2)cc1. The number of hydrogen-bond donors (Lipinski definition) is 1. The molecule has 0 radical (unpaired) electrons. The lowest BCUT2D eigenvalue weighted by Gasteiger charge is -2.34. The molecule has 2 heterocycles. The number of phenolic OH excluding ortho intramolecular Hbond substituents is 1. The summed E-state index contributed by atoms with van der Waals surface area (Å²) in [5, 5.41) is 13.9. The van der Waals surface area contributed by atoms with Crippen LogP contribution in [0, 0.1) is 6.92 Å². The lowest BCUT2D eigenvalue weighted by molar-refractivity contribution is -0.133. The predicted molar refractivity (Wildman–Crippen MR) is 113 cm³/mol. The molecule has 156 valence electrons. The van der Waals surface area contributed by atoms with Gasteiger partial charge in [-0.2, -0.15) is 4.98 Å². The van der Waals surface area contributed by atoms with Gasteiger partial charge in [-0.3, -0.25) is 9.69 Å². The normalized spacial score (nSPS) is 14.8. The van der Waals surface area contributed by atoms with E-state index in [9.17, 15) is 9.90 Å². The molecular formula is C23H26N4O3. The largest absolute Gasteiger partial charge is 0.508 e. The topological polar surface area (TPSA) is 82.7 Å². The first-order valence-corrected chi connectivity index (χ1v) is 10.2. The molecule has 4 rings (SSSR count). The molecule has 30 heavy (non-hydrogen) atoms. The summed E-state index contributed by atoms with van der Waals surface area (Å²) in [5.41, 5.74) is 2.94. The van der Waals surface area contributed by atoms with E-state index in [0.29, 0.717) is 44.2 Å². The second kappa shape index (κ2) is 9.09. The molecule has 0 unspecified atom stereocenters. The molecular weight excluding hydrogens is 380 g/mol. The lowest BCUT2D eigenvalue weighted by atomic mass is 10.1. The van der Waals surface area contributed by atoms with Crippen molar-refractivity contribution in [2.24, 2.45) is 0 Å². The molecule has 0 aliphatic carbocycles. The van der Waals surface area contributed by atoms with E-state index in [1.807, 2.05) is 48.2 Å². The molecule has 0 saturated carbocycles. The quantitative estimate of drug-likeness (QED) is 0.678. The van der Waals surface area contributed by atoms with E-state index in [-0.39, 0.29) is 11.7 Å². The Bertz CT molecular complexity index is 992. The molecule has 1 aliphatic heterocycles.